The number of rotatable bonds is 2. The standard InChI is InChI=1S/C15H18N2O/c18-15(12-6-3-7-16-12)17-14-11-8-9-4-1-2-5-10(9)13(11)14/h1-2,4-5,11-14,16H,3,6-8H2,(H,17,18). The van der Waals surface area contributed by atoms with Gasteiger partial charge >= 0.3 is 0 Å². The van der Waals surface area contributed by atoms with E-state index in [2.05, 4.69) is 34.9 Å². The van der Waals surface area contributed by atoms with Crippen LogP contribution in [0.5, 0.6) is 0 Å². The van der Waals surface area contributed by atoms with Crippen LogP contribution in [0.1, 0.15) is 29.9 Å². The fourth-order valence-electron chi connectivity index (χ4n) is 3.72. The molecular formula is C15H18N2O. The number of carbonyl (C=O) groups excluding carboxylic acids is 1. The van der Waals surface area contributed by atoms with Crippen molar-refractivity contribution in [3.63, 3.8) is 0 Å². The van der Waals surface area contributed by atoms with E-state index in [1.807, 2.05) is 0 Å². The van der Waals surface area contributed by atoms with Gasteiger partial charge in [0.25, 0.3) is 0 Å². The second kappa shape index (κ2) is 3.82. The highest BCUT2D eigenvalue weighted by atomic mass is 16.2. The minimum atomic E-state index is 0.0570. The number of benzene rings is 1. The summed E-state index contributed by atoms with van der Waals surface area (Å²) in [4.78, 5) is 12.1. The second-order valence-corrected chi connectivity index (χ2v) is 5.78. The van der Waals surface area contributed by atoms with Crippen LogP contribution >= 0.6 is 0 Å². The smallest absolute Gasteiger partial charge is 0.237 e. The Bertz CT molecular complexity index is 493. The van der Waals surface area contributed by atoms with Gasteiger partial charge in [-0.3, -0.25) is 4.79 Å². The van der Waals surface area contributed by atoms with E-state index in [4.69, 9.17) is 0 Å². The second-order valence-electron chi connectivity index (χ2n) is 5.78. The van der Waals surface area contributed by atoms with Gasteiger partial charge < -0.3 is 10.6 Å². The first-order valence-electron chi connectivity index (χ1n) is 6.96. The number of hydrogen-bond acceptors (Lipinski definition) is 2. The van der Waals surface area contributed by atoms with E-state index in [1.165, 1.54) is 11.1 Å². The van der Waals surface area contributed by atoms with Gasteiger partial charge in [-0.1, -0.05) is 24.3 Å². The van der Waals surface area contributed by atoms with Gasteiger partial charge in [0.1, 0.15) is 0 Å². The maximum atomic E-state index is 12.1. The first kappa shape index (κ1) is 10.6. The Morgan fingerprint density at radius 1 is 1.33 bits per heavy atom. The minimum Gasteiger partial charge on any atom is -0.351 e. The van der Waals surface area contributed by atoms with Crippen LogP contribution in [-0.4, -0.2) is 24.5 Å². The third-order valence-corrected chi connectivity index (χ3v) is 4.72. The van der Waals surface area contributed by atoms with Gasteiger partial charge in [-0.25, -0.2) is 0 Å². The lowest BCUT2D eigenvalue weighted by Gasteiger charge is -2.13. The molecule has 1 heterocycles. The van der Waals surface area contributed by atoms with Gasteiger partial charge in [0.2, 0.25) is 5.91 Å². The van der Waals surface area contributed by atoms with E-state index in [1.54, 1.807) is 0 Å². The number of nitrogens with one attached hydrogen (secondary N) is 2. The molecule has 1 aromatic carbocycles. The zero-order valence-electron chi connectivity index (χ0n) is 10.4. The molecule has 1 amide bonds. The molecule has 0 radical (unpaired) electrons. The van der Waals surface area contributed by atoms with Crippen molar-refractivity contribution in [2.24, 2.45) is 5.92 Å². The molecule has 18 heavy (non-hydrogen) atoms. The quantitative estimate of drug-likeness (QED) is 0.818. The van der Waals surface area contributed by atoms with Crippen molar-refractivity contribution in [1.82, 2.24) is 10.6 Å². The van der Waals surface area contributed by atoms with Crippen molar-refractivity contribution >= 4 is 5.91 Å². The molecule has 3 nitrogen and oxygen atoms in total. The first-order chi connectivity index (χ1) is 8.84. The topological polar surface area (TPSA) is 41.1 Å². The Morgan fingerprint density at radius 3 is 3.06 bits per heavy atom. The summed E-state index contributed by atoms with van der Waals surface area (Å²) in [6, 6.07) is 9.12. The Labute approximate surface area is 107 Å². The van der Waals surface area contributed by atoms with E-state index in [-0.39, 0.29) is 11.9 Å². The average molecular weight is 242 g/mol. The highest BCUT2D eigenvalue weighted by Gasteiger charge is 2.56. The molecule has 3 heteroatoms. The molecule has 0 aromatic heterocycles. The van der Waals surface area contributed by atoms with Crippen LogP contribution in [0, 0.1) is 5.92 Å². The zero-order valence-corrected chi connectivity index (χ0v) is 10.4. The minimum absolute atomic E-state index is 0.0570. The molecule has 1 aliphatic heterocycles. The maximum absolute atomic E-state index is 12.1. The molecule has 94 valence electrons. The van der Waals surface area contributed by atoms with E-state index in [9.17, 15) is 4.79 Å². The van der Waals surface area contributed by atoms with Crippen LogP contribution in [0.4, 0.5) is 0 Å². The molecule has 4 unspecified atom stereocenters. The fourth-order valence-corrected chi connectivity index (χ4v) is 3.72. The van der Waals surface area contributed by atoms with Crippen molar-refractivity contribution < 1.29 is 4.79 Å². The lowest BCUT2D eigenvalue weighted by molar-refractivity contribution is -0.123. The van der Waals surface area contributed by atoms with Gasteiger partial charge in [0, 0.05) is 12.0 Å². The number of amides is 1. The predicted molar refractivity (Wildman–Crippen MR) is 69.3 cm³/mol. The van der Waals surface area contributed by atoms with Crippen LogP contribution in [0.25, 0.3) is 0 Å². The number of fused-ring (bicyclic) bond motifs is 3. The van der Waals surface area contributed by atoms with Crippen LogP contribution in [0.2, 0.25) is 0 Å². The molecule has 1 aromatic rings. The van der Waals surface area contributed by atoms with Crippen molar-refractivity contribution in [1.29, 1.82) is 0 Å². The Morgan fingerprint density at radius 2 is 2.22 bits per heavy atom. The van der Waals surface area contributed by atoms with Crippen molar-refractivity contribution in [3.8, 4) is 0 Å². The van der Waals surface area contributed by atoms with Crippen molar-refractivity contribution in [2.75, 3.05) is 6.54 Å². The molecule has 2 fully saturated rings. The molecule has 2 N–H and O–H groups in total. The number of carbonyl (C=O) groups is 1. The first-order valence-corrected chi connectivity index (χ1v) is 6.96. The lowest BCUT2D eigenvalue weighted by atomic mass is 10.0. The molecule has 0 bridgehead atoms. The van der Waals surface area contributed by atoms with E-state index in [0.717, 1.165) is 25.8 Å². The third kappa shape index (κ3) is 1.50. The molecule has 1 saturated heterocycles. The number of hydrogen-bond donors (Lipinski definition) is 2. The Balaban J connectivity index is 1.44. The van der Waals surface area contributed by atoms with Crippen LogP contribution in [0.15, 0.2) is 24.3 Å². The molecule has 0 spiro atoms. The van der Waals surface area contributed by atoms with Gasteiger partial charge in [0.15, 0.2) is 0 Å². The average Bonchev–Trinajstić information content (AvgIpc) is 2.85. The highest BCUT2D eigenvalue weighted by molar-refractivity contribution is 5.83. The van der Waals surface area contributed by atoms with Gasteiger partial charge in [-0.2, -0.15) is 0 Å². The van der Waals surface area contributed by atoms with E-state index in [0.29, 0.717) is 17.9 Å². The zero-order chi connectivity index (χ0) is 12.1. The van der Waals surface area contributed by atoms with Crippen LogP contribution in [0.3, 0.4) is 0 Å². The Hall–Kier alpha value is -1.35. The lowest BCUT2D eigenvalue weighted by Crippen LogP contribution is -2.42. The molecular weight excluding hydrogens is 224 g/mol. The van der Waals surface area contributed by atoms with Crippen LogP contribution in [-0.2, 0) is 11.2 Å². The molecule has 2 aliphatic carbocycles. The molecule has 1 saturated carbocycles. The summed E-state index contributed by atoms with van der Waals surface area (Å²) in [7, 11) is 0. The van der Waals surface area contributed by atoms with Crippen molar-refractivity contribution in [2.45, 2.75) is 37.3 Å². The van der Waals surface area contributed by atoms with Gasteiger partial charge in [-0.15, -0.1) is 0 Å². The summed E-state index contributed by atoms with van der Waals surface area (Å²) in [6.07, 6.45) is 3.26. The summed E-state index contributed by atoms with van der Waals surface area (Å²) >= 11 is 0. The fraction of sp³-hybridized carbons (Fsp3) is 0.533. The third-order valence-electron chi connectivity index (χ3n) is 4.72. The van der Waals surface area contributed by atoms with E-state index < -0.39 is 0 Å². The van der Waals surface area contributed by atoms with Gasteiger partial charge in [0.05, 0.1) is 6.04 Å². The SMILES string of the molecule is O=C(NC1C2Cc3ccccc3C21)C1CCCN1. The summed E-state index contributed by atoms with van der Waals surface area (Å²) < 4.78 is 0. The largest absolute Gasteiger partial charge is 0.351 e. The normalized spacial score (nSPS) is 36.0. The summed E-state index contributed by atoms with van der Waals surface area (Å²) in [5.41, 5.74) is 2.95. The Kier molecular flexibility index (Phi) is 2.24. The highest BCUT2D eigenvalue weighted by Crippen LogP contribution is 2.56. The summed E-state index contributed by atoms with van der Waals surface area (Å²) in [5.74, 6) is 1.46. The predicted octanol–water partition coefficient (Wildman–Crippen LogP) is 1.19. The van der Waals surface area contributed by atoms with Crippen molar-refractivity contribution in [3.05, 3.63) is 35.4 Å². The summed E-state index contributed by atoms with van der Waals surface area (Å²) in [6.45, 7) is 0.985. The maximum Gasteiger partial charge on any atom is 0.237 e. The molecule has 3 aliphatic rings. The molecule has 4 atom stereocenters. The van der Waals surface area contributed by atoms with E-state index >= 15 is 0 Å². The van der Waals surface area contributed by atoms with Gasteiger partial charge in [-0.05, 0) is 42.9 Å². The monoisotopic (exact) mass is 242 g/mol. The summed E-state index contributed by atoms with van der Waals surface area (Å²) in [5, 5.41) is 6.50. The van der Waals surface area contributed by atoms with Crippen LogP contribution < -0.4 is 10.6 Å². The molecule has 4 rings (SSSR count).